The van der Waals surface area contributed by atoms with Gasteiger partial charge in [0.05, 0.1) is 6.42 Å². The summed E-state index contributed by atoms with van der Waals surface area (Å²) in [6, 6.07) is 15.4. The van der Waals surface area contributed by atoms with Crippen LogP contribution in [0.2, 0.25) is 5.02 Å². The number of thioether (sulfide) groups is 1. The van der Waals surface area contributed by atoms with Crippen molar-refractivity contribution >= 4 is 51.4 Å². The van der Waals surface area contributed by atoms with Crippen molar-refractivity contribution in [2.24, 2.45) is 5.73 Å². The molecule has 2 aromatic carbocycles. The summed E-state index contributed by atoms with van der Waals surface area (Å²) in [5.41, 5.74) is 8.52. The van der Waals surface area contributed by atoms with Crippen molar-refractivity contribution in [1.29, 1.82) is 5.41 Å². The maximum atomic E-state index is 12.1. The number of carbonyl (C=O) groups is 1. The van der Waals surface area contributed by atoms with Crippen LogP contribution in [0.15, 0.2) is 48.5 Å². The molecule has 2 aromatic rings. The SMILES string of the molecule is Br.N=C(N)SCc1ccccc1CC(=O)NCCc1ccc(Cl)cc1. The number of hydrogen-bond acceptors (Lipinski definition) is 3. The van der Waals surface area contributed by atoms with Gasteiger partial charge in [0, 0.05) is 17.3 Å². The predicted octanol–water partition coefficient (Wildman–Crippen LogP) is 3.95. The van der Waals surface area contributed by atoms with E-state index in [0.29, 0.717) is 23.7 Å². The van der Waals surface area contributed by atoms with Crippen LogP contribution >= 0.6 is 40.3 Å². The van der Waals surface area contributed by atoms with Gasteiger partial charge in [-0.15, -0.1) is 17.0 Å². The van der Waals surface area contributed by atoms with E-state index in [2.05, 4.69) is 5.32 Å². The Morgan fingerprint density at radius 2 is 1.76 bits per heavy atom. The number of halogens is 2. The van der Waals surface area contributed by atoms with E-state index >= 15 is 0 Å². The van der Waals surface area contributed by atoms with Crippen LogP contribution in [0, 0.1) is 5.41 Å². The van der Waals surface area contributed by atoms with Gasteiger partial charge < -0.3 is 11.1 Å². The monoisotopic (exact) mass is 441 g/mol. The molecule has 0 radical (unpaired) electrons. The average Bonchev–Trinajstić information content (AvgIpc) is 2.56. The Morgan fingerprint density at radius 3 is 2.40 bits per heavy atom. The molecule has 0 saturated heterocycles. The Kier molecular flexibility index (Phi) is 9.63. The predicted molar refractivity (Wildman–Crippen MR) is 112 cm³/mol. The zero-order chi connectivity index (χ0) is 17.4. The van der Waals surface area contributed by atoms with Gasteiger partial charge in [-0.25, -0.2) is 0 Å². The Balaban J connectivity index is 0.00000312. The van der Waals surface area contributed by atoms with E-state index in [-0.39, 0.29) is 28.1 Å². The molecule has 0 fully saturated rings. The van der Waals surface area contributed by atoms with Crippen molar-refractivity contribution in [3.05, 3.63) is 70.2 Å². The molecule has 0 unspecified atom stereocenters. The highest BCUT2D eigenvalue weighted by Gasteiger charge is 2.08. The maximum absolute atomic E-state index is 12.1. The molecule has 0 aliphatic heterocycles. The van der Waals surface area contributed by atoms with E-state index in [0.717, 1.165) is 23.1 Å². The molecule has 4 N–H and O–H groups in total. The molecule has 0 atom stereocenters. The third kappa shape index (κ3) is 7.94. The van der Waals surface area contributed by atoms with Gasteiger partial charge in [-0.1, -0.05) is 59.8 Å². The molecule has 0 aromatic heterocycles. The first-order chi connectivity index (χ1) is 11.5. The van der Waals surface area contributed by atoms with Crippen LogP contribution < -0.4 is 11.1 Å². The Hall–Kier alpha value is -1.50. The largest absolute Gasteiger partial charge is 0.379 e. The van der Waals surface area contributed by atoms with E-state index in [1.807, 2.05) is 48.5 Å². The van der Waals surface area contributed by atoms with Gasteiger partial charge in [0.15, 0.2) is 5.17 Å². The minimum atomic E-state index is -0.00996. The van der Waals surface area contributed by atoms with Gasteiger partial charge in [0.2, 0.25) is 5.91 Å². The van der Waals surface area contributed by atoms with Gasteiger partial charge in [0.1, 0.15) is 0 Å². The van der Waals surface area contributed by atoms with E-state index < -0.39 is 0 Å². The van der Waals surface area contributed by atoms with Crippen LogP contribution in [0.3, 0.4) is 0 Å². The standard InChI is InChI=1S/C18H20ClN3OS.BrH/c19-16-7-5-13(6-8-16)9-10-22-17(23)11-14-3-1-2-4-15(14)12-24-18(20)21;/h1-8H,9-12H2,(H3,20,21)(H,22,23);1H. The van der Waals surface area contributed by atoms with Crippen molar-refractivity contribution in [3.8, 4) is 0 Å². The fourth-order valence-electron chi connectivity index (χ4n) is 2.26. The quantitative estimate of drug-likeness (QED) is 0.449. The highest BCUT2D eigenvalue weighted by molar-refractivity contribution is 8.93. The molecule has 1 amide bonds. The lowest BCUT2D eigenvalue weighted by molar-refractivity contribution is -0.120. The molecule has 0 saturated carbocycles. The Bertz CT molecular complexity index is 710. The van der Waals surface area contributed by atoms with Crippen LogP contribution in [-0.2, 0) is 23.4 Å². The molecule has 4 nitrogen and oxygen atoms in total. The lowest BCUT2D eigenvalue weighted by atomic mass is 10.1. The highest BCUT2D eigenvalue weighted by atomic mass is 79.9. The molecular formula is C18H21BrClN3OS. The van der Waals surface area contributed by atoms with Crippen LogP contribution in [0.25, 0.3) is 0 Å². The summed E-state index contributed by atoms with van der Waals surface area (Å²) in [7, 11) is 0. The second kappa shape index (κ2) is 11.2. The summed E-state index contributed by atoms with van der Waals surface area (Å²) >= 11 is 7.11. The average molecular weight is 443 g/mol. The molecule has 0 bridgehead atoms. The summed E-state index contributed by atoms with van der Waals surface area (Å²) in [6.45, 7) is 0.588. The van der Waals surface area contributed by atoms with Crippen LogP contribution in [-0.4, -0.2) is 17.6 Å². The second-order valence-corrected chi connectivity index (χ2v) is 6.78. The third-order valence-electron chi connectivity index (χ3n) is 3.50. The molecule has 134 valence electrons. The Labute approximate surface area is 167 Å². The lowest BCUT2D eigenvalue weighted by Crippen LogP contribution is -2.27. The molecule has 0 aliphatic carbocycles. The van der Waals surface area contributed by atoms with Gasteiger partial charge in [0.25, 0.3) is 0 Å². The van der Waals surface area contributed by atoms with Crippen molar-refractivity contribution in [1.82, 2.24) is 5.32 Å². The topological polar surface area (TPSA) is 79.0 Å². The van der Waals surface area contributed by atoms with Gasteiger partial charge >= 0.3 is 0 Å². The van der Waals surface area contributed by atoms with Crippen LogP contribution in [0.5, 0.6) is 0 Å². The van der Waals surface area contributed by atoms with Crippen molar-refractivity contribution in [3.63, 3.8) is 0 Å². The lowest BCUT2D eigenvalue weighted by Gasteiger charge is -2.10. The fourth-order valence-corrected chi connectivity index (χ4v) is 2.98. The summed E-state index contributed by atoms with van der Waals surface area (Å²) < 4.78 is 0. The maximum Gasteiger partial charge on any atom is 0.224 e. The number of hydrogen-bond donors (Lipinski definition) is 3. The fraction of sp³-hybridized carbons (Fsp3) is 0.222. The molecular weight excluding hydrogens is 422 g/mol. The summed E-state index contributed by atoms with van der Waals surface area (Å²) in [5, 5.41) is 11.0. The number of nitrogens with one attached hydrogen (secondary N) is 2. The first-order valence-electron chi connectivity index (χ1n) is 7.59. The first kappa shape index (κ1) is 21.5. The van der Waals surface area contributed by atoms with E-state index in [9.17, 15) is 4.79 Å². The van der Waals surface area contributed by atoms with Gasteiger partial charge in [-0.05, 0) is 35.2 Å². The molecule has 0 heterocycles. The number of nitrogens with two attached hydrogens (primary N) is 1. The van der Waals surface area contributed by atoms with Crippen molar-refractivity contribution in [2.45, 2.75) is 18.6 Å². The number of benzene rings is 2. The first-order valence-corrected chi connectivity index (χ1v) is 8.95. The summed E-state index contributed by atoms with van der Waals surface area (Å²) in [6.07, 6.45) is 1.10. The smallest absolute Gasteiger partial charge is 0.224 e. The van der Waals surface area contributed by atoms with Crippen LogP contribution in [0.1, 0.15) is 16.7 Å². The van der Waals surface area contributed by atoms with E-state index in [4.69, 9.17) is 22.7 Å². The zero-order valence-electron chi connectivity index (χ0n) is 13.6. The molecule has 25 heavy (non-hydrogen) atoms. The van der Waals surface area contributed by atoms with Gasteiger partial charge in [-0.3, -0.25) is 10.2 Å². The molecule has 0 spiro atoms. The third-order valence-corrected chi connectivity index (χ3v) is 4.52. The minimum Gasteiger partial charge on any atom is -0.379 e. The number of rotatable bonds is 7. The summed E-state index contributed by atoms with van der Waals surface area (Å²) in [4.78, 5) is 12.1. The van der Waals surface area contributed by atoms with Crippen molar-refractivity contribution in [2.75, 3.05) is 6.54 Å². The highest BCUT2D eigenvalue weighted by Crippen LogP contribution is 2.17. The van der Waals surface area contributed by atoms with E-state index in [1.165, 1.54) is 11.8 Å². The molecule has 7 heteroatoms. The number of amidine groups is 1. The Morgan fingerprint density at radius 1 is 1.12 bits per heavy atom. The zero-order valence-corrected chi connectivity index (χ0v) is 16.9. The van der Waals surface area contributed by atoms with Gasteiger partial charge in [-0.2, -0.15) is 0 Å². The number of carbonyl (C=O) groups excluding carboxylic acids is 1. The second-order valence-electron chi connectivity index (χ2n) is 5.32. The number of amides is 1. The molecule has 2 rings (SSSR count). The molecule has 0 aliphatic rings. The minimum absolute atomic E-state index is 0. The van der Waals surface area contributed by atoms with Crippen molar-refractivity contribution < 1.29 is 4.79 Å². The van der Waals surface area contributed by atoms with E-state index in [1.54, 1.807) is 0 Å². The summed E-state index contributed by atoms with van der Waals surface area (Å²) in [5.74, 6) is 0.591. The normalized spacial score (nSPS) is 9.96. The van der Waals surface area contributed by atoms with Crippen LogP contribution in [0.4, 0.5) is 0 Å².